The Morgan fingerprint density at radius 2 is 2.29 bits per heavy atom. The van der Waals surface area contributed by atoms with Crippen LogP contribution in [0.25, 0.3) is 11.5 Å². The molecule has 0 radical (unpaired) electrons. The van der Waals surface area contributed by atoms with Crippen molar-refractivity contribution in [3.63, 3.8) is 0 Å². The van der Waals surface area contributed by atoms with Crippen molar-refractivity contribution in [2.45, 2.75) is 6.42 Å². The zero-order valence-electron chi connectivity index (χ0n) is 9.06. The number of nitrogens with one attached hydrogen (secondary N) is 1. The molecule has 0 amide bonds. The molecule has 2 aromatic heterocycles. The highest BCUT2D eigenvalue weighted by Crippen LogP contribution is 2.17. The van der Waals surface area contributed by atoms with Crippen LogP contribution in [0.4, 0.5) is 0 Å². The summed E-state index contributed by atoms with van der Waals surface area (Å²) in [4.78, 5) is 8.58. The molecule has 3 rings (SSSR count). The lowest BCUT2D eigenvalue weighted by molar-refractivity contribution is 0.296. The maximum Gasteiger partial charge on any atom is 0.227 e. The molecule has 5 nitrogen and oxygen atoms in total. The van der Waals surface area contributed by atoms with Crippen LogP contribution in [0.3, 0.4) is 0 Å². The molecule has 1 saturated heterocycles. The minimum atomic E-state index is 0.555. The van der Waals surface area contributed by atoms with Gasteiger partial charge in [-0.25, -0.2) is 0 Å². The van der Waals surface area contributed by atoms with E-state index < -0.39 is 0 Å². The Morgan fingerprint density at radius 1 is 1.41 bits per heavy atom. The Balaban J connectivity index is 1.76. The predicted molar refractivity (Wildman–Crippen MR) is 65.3 cm³/mol. The van der Waals surface area contributed by atoms with Gasteiger partial charge in [-0.3, -0.25) is 4.98 Å². The Labute approximate surface area is 107 Å². The Kier molecular flexibility index (Phi) is 2.90. The molecule has 88 valence electrons. The summed E-state index contributed by atoms with van der Waals surface area (Å²) in [5.74, 6) is 1.87. The van der Waals surface area contributed by atoms with Crippen molar-refractivity contribution in [3.05, 3.63) is 28.7 Å². The van der Waals surface area contributed by atoms with E-state index in [1.807, 2.05) is 12.1 Å². The van der Waals surface area contributed by atoms with E-state index >= 15 is 0 Å². The molecule has 1 fully saturated rings. The van der Waals surface area contributed by atoms with E-state index in [2.05, 4.69) is 36.4 Å². The molecule has 0 aromatic carbocycles. The number of hydrogen-bond donors (Lipinski definition) is 1. The smallest absolute Gasteiger partial charge is 0.227 e. The monoisotopic (exact) mass is 294 g/mol. The number of rotatable bonds is 3. The van der Waals surface area contributed by atoms with Gasteiger partial charge in [0, 0.05) is 17.1 Å². The first-order chi connectivity index (χ1) is 8.31. The normalized spacial score (nSPS) is 15.8. The first-order valence-electron chi connectivity index (χ1n) is 5.46. The number of aromatic nitrogens is 3. The number of nitrogens with zero attached hydrogens (tertiary/aromatic N) is 3. The molecule has 0 atom stereocenters. The fourth-order valence-corrected chi connectivity index (χ4v) is 1.92. The zero-order chi connectivity index (χ0) is 11.7. The highest BCUT2D eigenvalue weighted by atomic mass is 79.9. The summed E-state index contributed by atoms with van der Waals surface area (Å²) in [7, 11) is 0. The fourth-order valence-electron chi connectivity index (χ4n) is 1.69. The first-order valence-corrected chi connectivity index (χ1v) is 6.26. The van der Waals surface area contributed by atoms with Gasteiger partial charge in [0.05, 0.1) is 0 Å². The summed E-state index contributed by atoms with van der Waals surface area (Å²) in [6.07, 6.45) is 2.57. The Hall–Kier alpha value is -1.27. The van der Waals surface area contributed by atoms with E-state index in [0.717, 1.165) is 29.7 Å². The van der Waals surface area contributed by atoms with Crippen LogP contribution >= 0.6 is 15.9 Å². The largest absolute Gasteiger partial charge is 0.339 e. The summed E-state index contributed by atoms with van der Waals surface area (Å²) in [6.45, 7) is 2.07. The average molecular weight is 295 g/mol. The lowest BCUT2D eigenvalue weighted by atomic mass is 10.00. The maximum atomic E-state index is 5.22. The van der Waals surface area contributed by atoms with Crippen LogP contribution in [0.15, 0.2) is 27.3 Å². The second-order valence-electron chi connectivity index (χ2n) is 4.10. The highest BCUT2D eigenvalue weighted by Gasteiger charge is 2.20. The molecule has 0 saturated carbocycles. The van der Waals surface area contributed by atoms with Crippen LogP contribution in [0, 0.1) is 5.92 Å². The third-order valence-corrected chi connectivity index (χ3v) is 3.22. The summed E-state index contributed by atoms with van der Waals surface area (Å²) < 4.78 is 6.15. The first kappa shape index (κ1) is 10.9. The molecule has 2 aromatic rings. The average Bonchev–Trinajstić information content (AvgIpc) is 2.73. The van der Waals surface area contributed by atoms with Gasteiger partial charge in [-0.2, -0.15) is 4.98 Å². The Morgan fingerprint density at radius 3 is 2.94 bits per heavy atom. The van der Waals surface area contributed by atoms with Crippen molar-refractivity contribution in [1.82, 2.24) is 20.4 Å². The fraction of sp³-hybridized carbons (Fsp3) is 0.364. The second kappa shape index (κ2) is 4.54. The van der Waals surface area contributed by atoms with E-state index in [4.69, 9.17) is 4.52 Å². The Bertz CT molecular complexity index is 506. The van der Waals surface area contributed by atoms with E-state index in [0.29, 0.717) is 17.6 Å². The van der Waals surface area contributed by atoms with Gasteiger partial charge in [0.15, 0.2) is 0 Å². The third kappa shape index (κ3) is 2.37. The molecule has 6 heteroatoms. The summed E-state index contributed by atoms with van der Waals surface area (Å²) in [6, 6.07) is 3.78. The van der Waals surface area contributed by atoms with Gasteiger partial charge in [0.2, 0.25) is 11.7 Å². The van der Waals surface area contributed by atoms with Gasteiger partial charge in [-0.05, 0) is 47.1 Å². The van der Waals surface area contributed by atoms with Crippen LogP contribution in [0.1, 0.15) is 5.89 Å². The van der Waals surface area contributed by atoms with Gasteiger partial charge in [-0.1, -0.05) is 5.16 Å². The molecular formula is C11H11BrN4O. The number of hydrogen-bond acceptors (Lipinski definition) is 5. The molecule has 1 aliphatic heterocycles. The quantitative estimate of drug-likeness (QED) is 0.933. The minimum absolute atomic E-state index is 0.555. The molecule has 17 heavy (non-hydrogen) atoms. The van der Waals surface area contributed by atoms with Crippen molar-refractivity contribution in [2.75, 3.05) is 13.1 Å². The molecule has 0 bridgehead atoms. The van der Waals surface area contributed by atoms with E-state index in [1.165, 1.54) is 0 Å². The van der Waals surface area contributed by atoms with Crippen LogP contribution in [-0.2, 0) is 6.42 Å². The van der Waals surface area contributed by atoms with Crippen molar-refractivity contribution in [2.24, 2.45) is 5.92 Å². The maximum absolute atomic E-state index is 5.22. The molecular weight excluding hydrogens is 284 g/mol. The summed E-state index contributed by atoms with van der Waals surface area (Å²) in [5.41, 5.74) is 0.731. The van der Waals surface area contributed by atoms with Gasteiger partial charge < -0.3 is 9.84 Å². The second-order valence-corrected chi connectivity index (χ2v) is 5.02. The van der Waals surface area contributed by atoms with E-state index in [1.54, 1.807) is 6.20 Å². The van der Waals surface area contributed by atoms with Gasteiger partial charge in [0.1, 0.15) is 5.69 Å². The van der Waals surface area contributed by atoms with E-state index in [9.17, 15) is 0 Å². The van der Waals surface area contributed by atoms with Crippen LogP contribution in [-0.4, -0.2) is 28.2 Å². The third-order valence-electron chi connectivity index (χ3n) is 2.75. The molecule has 0 spiro atoms. The topological polar surface area (TPSA) is 63.8 Å². The van der Waals surface area contributed by atoms with Gasteiger partial charge in [0.25, 0.3) is 0 Å². The van der Waals surface area contributed by atoms with Crippen LogP contribution < -0.4 is 5.32 Å². The lowest BCUT2D eigenvalue weighted by Crippen LogP contribution is -2.43. The van der Waals surface area contributed by atoms with Crippen molar-refractivity contribution in [1.29, 1.82) is 0 Å². The predicted octanol–water partition coefficient (Wildman–Crippen LogP) is 1.66. The summed E-state index contributed by atoms with van der Waals surface area (Å²) >= 11 is 3.34. The molecule has 1 aliphatic rings. The lowest BCUT2D eigenvalue weighted by Gasteiger charge is -2.25. The molecule has 1 N–H and O–H groups in total. The van der Waals surface area contributed by atoms with E-state index in [-0.39, 0.29) is 0 Å². The van der Waals surface area contributed by atoms with Crippen LogP contribution in [0.2, 0.25) is 0 Å². The highest BCUT2D eigenvalue weighted by molar-refractivity contribution is 9.10. The van der Waals surface area contributed by atoms with Crippen molar-refractivity contribution >= 4 is 15.9 Å². The SMILES string of the molecule is Brc1ccc(-c2noc(CC3CNC3)n2)nc1. The van der Waals surface area contributed by atoms with Gasteiger partial charge >= 0.3 is 0 Å². The molecule has 0 aliphatic carbocycles. The minimum Gasteiger partial charge on any atom is -0.339 e. The number of pyridine rings is 1. The van der Waals surface area contributed by atoms with Crippen molar-refractivity contribution in [3.8, 4) is 11.5 Å². The van der Waals surface area contributed by atoms with Crippen molar-refractivity contribution < 1.29 is 4.52 Å². The molecule has 3 heterocycles. The zero-order valence-corrected chi connectivity index (χ0v) is 10.6. The van der Waals surface area contributed by atoms with Gasteiger partial charge in [-0.15, -0.1) is 0 Å². The van der Waals surface area contributed by atoms with Crippen LogP contribution in [0.5, 0.6) is 0 Å². The summed E-state index contributed by atoms with van der Waals surface area (Å²) in [5, 5.41) is 7.16. The molecule has 0 unspecified atom stereocenters. The standard InChI is InChI=1S/C11H11BrN4O/c12-8-1-2-9(14-6-8)11-15-10(17-16-11)3-7-4-13-5-7/h1-2,6-7,13H,3-5H2. The number of halogens is 1.